The Morgan fingerprint density at radius 1 is 1.05 bits per heavy atom. The molecule has 0 saturated heterocycles. The molecule has 7 nitrogen and oxygen atoms in total. The smallest absolute Gasteiger partial charge is 0.251 e. The number of thioether (sulfide) groups is 1. The molecule has 4 rings (SSSR count). The van der Waals surface area contributed by atoms with Crippen LogP contribution in [0, 0.1) is 6.92 Å². The molecular weight excluding hydrogens is 543 g/mol. The number of carbonyl (C=O) groups is 2. The minimum absolute atomic E-state index is 0.0383. The minimum Gasteiger partial charge on any atom is -0.487 e. The molecule has 38 heavy (non-hydrogen) atoms. The van der Waals surface area contributed by atoms with Gasteiger partial charge in [0.1, 0.15) is 23.9 Å². The van der Waals surface area contributed by atoms with Gasteiger partial charge in [-0.05, 0) is 55.5 Å². The van der Waals surface area contributed by atoms with Crippen molar-refractivity contribution in [1.82, 2.24) is 4.98 Å². The number of Topliss-reactive ketones (excluding diaryl/α,β-unsaturated/α-hetero) is 1. The van der Waals surface area contributed by atoms with E-state index in [2.05, 4.69) is 4.98 Å². The molecule has 3 aromatic carbocycles. The molecule has 0 fully saturated rings. The van der Waals surface area contributed by atoms with Gasteiger partial charge in [0.2, 0.25) is 0 Å². The molecule has 0 aliphatic rings. The van der Waals surface area contributed by atoms with Gasteiger partial charge in [-0.15, -0.1) is 11.8 Å². The molecule has 0 unspecified atom stereocenters. The summed E-state index contributed by atoms with van der Waals surface area (Å²) >= 11 is 14.4. The number of ketones is 1. The first-order valence-corrected chi connectivity index (χ1v) is 13.4. The highest BCUT2D eigenvalue weighted by Gasteiger charge is 2.28. The van der Waals surface area contributed by atoms with E-state index in [1.807, 2.05) is 37.3 Å². The Balaban J connectivity index is 1.48. The van der Waals surface area contributed by atoms with Crippen molar-refractivity contribution in [3.63, 3.8) is 0 Å². The normalized spacial score (nSPS) is 11.8. The van der Waals surface area contributed by atoms with Crippen LogP contribution in [0.3, 0.4) is 0 Å². The third-order valence-electron chi connectivity index (χ3n) is 5.93. The summed E-state index contributed by atoms with van der Waals surface area (Å²) in [5.74, 6) is -0.371. The van der Waals surface area contributed by atoms with Crippen molar-refractivity contribution in [3.05, 3.63) is 88.0 Å². The summed E-state index contributed by atoms with van der Waals surface area (Å²) in [7, 11) is 1.51. The van der Waals surface area contributed by atoms with Crippen LogP contribution in [0.25, 0.3) is 10.9 Å². The number of aromatic nitrogens is 1. The second-order valence-corrected chi connectivity index (χ2v) is 10.5. The average molecular weight is 570 g/mol. The highest BCUT2D eigenvalue weighted by Crippen LogP contribution is 2.35. The van der Waals surface area contributed by atoms with E-state index in [1.165, 1.54) is 23.7 Å². The number of halogens is 2. The van der Waals surface area contributed by atoms with E-state index in [0.717, 1.165) is 21.5 Å². The van der Waals surface area contributed by atoms with E-state index >= 15 is 0 Å². The van der Waals surface area contributed by atoms with Gasteiger partial charge in [0, 0.05) is 39.3 Å². The number of anilines is 2. The molecule has 196 valence electrons. The fraction of sp³-hybridized carbons (Fsp3) is 0.179. The van der Waals surface area contributed by atoms with Gasteiger partial charge in [-0.1, -0.05) is 41.4 Å². The van der Waals surface area contributed by atoms with Crippen molar-refractivity contribution < 1.29 is 14.3 Å². The van der Waals surface area contributed by atoms with Gasteiger partial charge < -0.3 is 21.1 Å². The van der Waals surface area contributed by atoms with Crippen LogP contribution in [0.1, 0.15) is 11.3 Å². The van der Waals surface area contributed by atoms with E-state index < -0.39 is 17.7 Å². The number of likely N-dealkylation sites (N-methyl/N-ethyl adjacent to an activating group) is 1. The number of ether oxygens (including phenoxy) is 1. The number of pyridine rings is 1. The molecule has 1 amide bonds. The summed E-state index contributed by atoms with van der Waals surface area (Å²) < 4.78 is 6.06. The number of para-hydroxylation sites is 1. The number of nitrogen functional groups attached to an aromatic ring is 1. The third kappa shape index (κ3) is 6.22. The van der Waals surface area contributed by atoms with Crippen LogP contribution in [-0.2, 0) is 16.2 Å². The number of nitrogens with zero attached hydrogens (tertiary/aromatic N) is 2. The minimum atomic E-state index is -1.35. The zero-order chi connectivity index (χ0) is 27.4. The van der Waals surface area contributed by atoms with Crippen LogP contribution in [-0.4, -0.2) is 35.5 Å². The Morgan fingerprint density at radius 3 is 2.53 bits per heavy atom. The van der Waals surface area contributed by atoms with Gasteiger partial charge in [-0.2, -0.15) is 0 Å². The van der Waals surface area contributed by atoms with Crippen LogP contribution in [0.2, 0.25) is 10.0 Å². The Hall–Kier alpha value is -3.30. The lowest BCUT2D eigenvalue weighted by Crippen LogP contribution is -2.47. The maximum Gasteiger partial charge on any atom is 0.251 e. The molecule has 4 N–H and O–H groups in total. The highest BCUT2D eigenvalue weighted by atomic mass is 35.5. The lowest BCUT2D eigenvalue weighted by molar-refractivity contribution is -0.127. The zero-order valence-corrected chi connectivity index (χ0v) is 23.1. The zero-order valence-electron chi connectivity index (χ0n) is 20.8. The van der Waals surface area contributed by atoms with E-state index in [9.17, 15) is 9.59 Å². The molecule has 0 aliphatic carbocycles. The summed E-state index contributed by atoms with van der Waals surface area (Å²) in [6.07, 6.45) is 0. The molecule has 0 radical (unpaired) electrons. The number of carbonyl (C=O) groups excluding carboxylic acids is 2. The Kier molecular flexibility index (Phi) is 8.79. The van der Waals surface area contributed by atoms with Crippen LogP contribution >= 0.6 is 35.0 Å². The monoisotopic (exact) mass is 568 g/mol. The quantitative estimate of drug-likeness (QED) is 0.152. The highest BCUT2D eigenvalue weighted by molar-refractivity contribution is 8.00. The summed E-state index contributed by atoms with van der Waals surface area (Å²) in [4.78, 5) is 32.4. The lowest BCUT2D eigenvalue weighted by Gasteiger charge is -2.23. The number of rotatable bonds is 9. The third-order valence-corrected chi connectivity index (χ3v) is 7.74. The van der Waals surface area contributed by atoms with Gasteiger partial charge in [0.05, 0.1) is 16.5 Å². The van der Waals surface area contributed by atoms with Gasteiger partial charge in [0.15, 0.2) is 5.78 Å². The molecule has 1 aromatic heterocycles. The van der Waals surface area contributed by atoms with Gasteiger partial charge in [0.25, 0.3) is 5.91 Å². The standard InChI is InChI=1S/C28H26Cl2N4O3S/c1-16-6-7-17-4-3-5-24(27(17)33-16)37-14-20-21(29)12-13-22(25(20)30)34(2)28(36)26(32)23(35)15-38-19-10-8-18(31)9-11-19/h3-13,26H,14-15,31-32H2,1-2H3/t26-/m0/s1. The fourth-order valence-corrected chi connectivity index (χ4v) is 5.16. The number of hydrogen-bond acceptors (Lipinski definition) is 7. The maximum absolute atomic E-state index is 13.1. The number of nitrogens with two attached hydrogens (primary N) is 2. The van der Waals surface area contributed by atoms with Crippen LogP contribution in [0.15, 0.2) is 71.6 Å². The predicted octanol–water partition coefficient (Wildman–Crippen LogP) is 5.66. The molecule has 0 spiro atoms. The Labute approximate surface area is 235 Å². The van der Waals surface area contributed by atoms with Crippen molar-refractivity contribution >= 4 is 68.9 Å². The Morgan fingerprint density at radius 2 is 1.79 bits per heavy atom. The summed E-state index contributed by atoms with van der Waals surface area (Å²) in [5.41, 5.74) is 14.8. The number of amides is 1. The summed E-state index contributed by atoms with van der Waals surface area (Å²) in [6, 6.07) is 18.5. The van der Waals surface area contributed by atoms with E-state index in [0.29, 0.717) is 27.7 Å². The largest absolute Gasteiger partial charge is 0.487 e. The first kappa shape index (κ1) is 27.7. The SMILES string of the molecule is Cc1ccc2cccc(OCc3c(Cl)ccc(N(C)C(=O)[C@@H](N)C(=O)CSc4ccc(N)cc4)c3Cl)c2n1. The molecule has 1 heterocycles. The first-order valence-electron chi connectivity index (χ1n) is 11.7. The lowest BCUT2D eigenvalue weighted by atomic mass is 10.1. The number of fused-ring (bicyclic) bond motifs is 1. The topological polar surface area (TPSA) is 112 Å². The Bertz CT molecular complexity index is 1500. The van der Waals surface area contributed by atoms with Crippen molar-refractivity contribution in [3.8, 4) is 5.75 Å². The van der Waals surface area contributed by atoms with Crippen molar-refractivity contribution in [2.75, 3.05) is 23.4 Å². The number of hydrogen-bond donors (Lipinski definition) is 2. The van der Waals surface area contributed by atoms with Crippen molar-refractivity contribution in [1.29, 1.82) is 0 Å². The predicted molar refractivity (Wildman–Crippen MR) is 155 cm³/mol. The molecular formula is C28H26Cl2N4O3S. The second-order valence-electron chi connectivity index (χ2n) is 8.63. The molecule has 0 bridgehead atoms. The van der Waals surface area contributed by atoms with Crippen LogP contribution < -0.4 is 21.1 Å². The van der Waals surface area contributed by atoms with Gasteiger partial charge in [-0.3, -0.25) is 9.59 Å². The van der Waals surface area contributed by atoms with E-state index in [4.69, 9.17) is 39.4 Å². The fourth-order valence-electron chi connectivity index (χ4n) is 3.73. The summed E-state index contributed by atoms with van der Waals surface area (Å²) in [6.45, 7) is 1.96. The maximum atomic E-state index is 13.1. The van der Waals surface area contributed by atoms with Crippen molar-refractivity contribution in [2.24, 2.45) is 5.73 Å². The molecule has 0 saturated carbocycles. The number of benzene rings is 3. The van der Waals surface area contributed by atoms with Crippen LogP contribution in [0.5, 0.6) is 5.75 Å². The van der Waals surface area contributed by atoms with Crippen molar-refractivity contribution in [2.45, 2.75) is 24.5 Å². The van der Waals surface area contributed by atoms with E-state index in [1.54, 1.807) is 36.4 Å². The van der Waals surface area contributed by atoms with Crippen LogP contribution in [0.4, 0.5) is 11.4 Å². The molecule has 10 heteroatoms. The average Bonchev–Trinajstić information content (AvgIpc) is 2.91. The van der Waals surface area contributed by atoms with E-state index in [-0.39, 0.29) is 17.4 Å². The summed E-state index contributed by atoms with van der Waals surface area (Å²) in [5, 5.41) is 1.55. The van der Waals surface area contributed by atoms with Gasteiger partial charge >= 0.3 is 0 Å². The molecule has 0 aliphatic heterocycles. The molecule has 1 atom stereocenters. The molecule has 4 aromatic rings. The second kappa shape index (κ2) is 12.0. The first-order chi connectivity index (χ1) is 18.2. The van der Waals surface area contributed by atoms with Gasteiger partial charge in [-0.25, -0.2) is 4.98 Å². The number of aryl methyl sites for hydroxylation is 1.